The Morgan fingerprint density at radius 3 is 2.50 bits per heavy atom. The van der Waals surface area contributed by atoms with E-state index in [1.807, 2.05) is 0 Å². The minimum atomic E-state index is -2.85. The van der Waals surface area contributed by atoms with Crippen molar-refractivity contribution in [2.75, 3.05) is 11.5 Å². The molecule has 3 nitrogen and oxygen atoms in total. The summed E-state index contributed by atoms with van der Waals surface area (Å²) in [5, 5.41) is 0. The fourth-order valence-electron chi connectivity index (χ4n) is 1.09. The molecule has 0 amide bonds. The van der Waals surface area contributed by atoms with Gasteiger partial charge in [0.25, 0.3) is 5.92 Å². The molecule has 0 aliphatic rings. The fraction of sp³-hybridized carbons (Fsp3) is 0.444. The van der Waals surface area contributed by atoms with Gasteiger partial charge in [0.1, 0.15) is 0 Å². The van der Waals surface area contributed by atoms with Crippen molar-refractivity contribution in [3.05, 3.63) is 18.0 Å². The highest BCUT2D eigenvalue weighted by atomic mass is 19.3. The zero-order valence-electron chi connectivity index (χ0n) is 8.09. The van der Waals surface area contributed by atoms with Crippen LogP contribution >= 0.6 is 0 Å². The zero-order valence-corrected chi connectivity index (χ0v) is 8.09. The summed E-state index contributed by atoms with van der Waals surface area (Å²) in [6.45, 7) is 2.21. The second kappa shape index (κ2) is 3.40. The molecular formula is C9H13F2N3. The fourth-order valence-corrected chi connectivity index (χ4v) is 1.09. The number of pyridine rings is 1. The number of hydrogen-bond donors (Lipinski definition) is 2. The lowest BCUT2D eigenvalue weighted by atomic mass is 9.99. The maximum atomic E-state index is 13.0. The first-order valence-electron chi connectivity index (χ1n) is 4.21. The van der Waals surface area contributed by atoms with Gasteiger partial charge in [-0.1, -0.05) is 6.92 Å². The molecule has 1 aromatic rings. The van der Waals surface area contributed by atoms with Crippen molar-refractivity contribution in [3.8, 4) is 0 Å². The van der Waals surface area contributed by atoms with E-state index in [0.29, 0.717) is 0 Å². The van der Waals surface area contributed by atoms with Crippen LogP contribution in [0.5, 0.6) is 0 Å². The van der Waals surface area contributed by atoms with E-state index in [0.717, 1.165) is 6.92 Å². The molecule has 0 saturated heterocycles. The van der Waals surface area contributed by atoms with Crippen molar-refractivity contribution < 1.29 is 8.78 Å². The molecule has 5 heteroatoms. The Kier molecular flexibility index (Phi) is 2.59. The summed E-state index contributed by atoms with van der Waals surface area (Å²) in [5.41, 5.74) is 11.6. The molecule has 0 saturated carbocycles. The summed E-state index contributed by atoms with van der Waals surface area (Å²) < 4.78 is 26.0. The van der Waals surface area contributed by atoms with Crippen LogP contribution in [0.2, 0.25) is 0 Å². The summed E-state index contributed by atoms with van der Waals surface area (Å²) in [6, 6.07) is 1.49. The molecule has 0 spiro atoms. The minimum absolute atomic E-state index is 0.140. The van der Waals surface area contributed by atoms with E-state index >= 15 is 0 Å². The van der Waals surface area contributed by atoms with Gasteiger partial charge >= 0.3 is 0 Å². The number of nitrogen functional groups attached to an aromatic ring is 2. The van der Waals surface area contributed by atoms with Gasteiger partial charge in [0.2, 0.25) is 0 Å². The second-order valence-electron chi connectivity index (χ2n) is 3.38. The van der Waals surface area contributed by atoms with Crippen molar-refractivity contribution in [2.24, 2.45) is 0 Å². The first-order valence-corrected chi connectivity index (χ1v) is 4.21. The van der Waals surface area contributed by atoms with Crippen LogP contribution < -0.4 is 11.5 Å². The summed E-state index contributed by atoms with van der Waals surface area (Å²) >= 11 is 0. The Hall–Kier alpha value is -1.39. The highest BCUT2D eigenvalue weighted by Crippen LogP contribution is 2.35. The van der Waals surface area contributed by atoms with Gasteiger partial charge in [-0.3, -0.25) is 4.98 Å². The molecule has 4 N–H and O–H groups in total. The topological polar surface area (TPSA) is 64.9 Å². The van der Waals surface area contributed by atoms with E-state index in [9.17, 15) is 8.78 Å². The average molecular weight is 201 g/mol. The third-order valence-electron chi connectivity index (χ3n) is 2.23. The van der Waals surface area contributed by atoms with Gasteiger partial charge in [0.15, 0.2) is 0 Å². The Labute approximate surface area is 81.1 Å². The Balaban J connectivity index is 3.14. The van der Waals surface area contributed by atoms with Gasteiger partial charge in [-0.15, -0.1) is 0 Å². The van der Waals surface area contributed by atoms with Crippen molar-refractivity contribution in [3.63, 3.8) is 0 Å². The molecule has 1 unspecified atom stereocenters. The van der Waals surface area contributed by atoms with Gasteiger partial charge in [-0.05, 0) is 6.07 Å². The van der Waals surface area contributed by atoms with Crippen LogP contribution in [-0.4, -0.2) is 10.9 Å². The third kappa shape index (κ3) is 1.92. The third-order valence-corrected chi connectivity index (χ3v) is 2.23. The summed E-state index contributed by atoms with van der Waals surface area (Å²) in [7, 11) is 0. The number of halogens is 2. The van der Waals surface area contributed by atoms with Crippen molar-refractivity contribution >= 4 is 11.4 Å². The molecule has 0 aliphatic carbocycles. The quantitative estimate of drug-likeness (QED) is 0.769. The maximum Gasteiger partial charge on any atom is 0.253 e. The zero-order chi connectivity index (χ0) is 10.9. The first-order chi connectivity index (χ1) is 6.34. The Bertz CT molecular complexity index is 333. The second-order valence-corrected chi connectivity index (χ2v) is 3.38. The Morgan fingerprint density at radius 2 is 2.00 bits per heavy atom. The molecule has 14 heavy (non-hydrogen) atoms. The Morgan fingerprint density at radius 1 is 1.43 bits per heavy atom. The smallest absolute Gasteiger partial charge is 0.253 e. The van der Waals surface area contributed by atoms with E-state index in [-0.39, 0.29) is 17.1 Å². The molecule has 0 fully saturated rings. The van der Waals surface area contributed by atoms with Gasteiger partial charge in [-0.2, -0.15) is 0 Å². The van der Waals surface area contributed by atoms with E-state index in [2.05, 4.69) is 4.98 Å². The molecule has 0 bridgehead atoms. The molecule has 1 atom stereocenters. The average Bonchev–Trinajstić information content (AvgIpc) is 2.07. The number of hydrogen-bond acceptors (Lipinski definition) is 3. The lowest BCUT2D eigenvalue weighted by Crippen LogP contribution is -2.22. The predicted octanol–water partition coefficient (Wildman–Crippen LogP) is 2.00. The molecule has 1 aromatic heterocycles. The van der Waals surface area contributed by atoms with E-state index < -0.39 is 11.8 Å². The van der Waals surface area contributed by atoms with E-state index in [1.54, 1.807) is 0 Å². The van der Waals surface area contributed by atoms with Crippen LogP contribution in [-0.2, 0) is 0 Å². The van der Waals surface area contributed by atoms with E-state index in [1.165, 1.54) is 19.2 Å². The van der Waals surface area contributed by atoms with Crippen LogP contribution in [0.3, 0.4) is 0 Å². The van der Waals surface area contributed by atoms with Crippen LogP contribution in [0.25, 0.3) is 0 Å². The van der Waals surface area contributed by atoms with Gasteiger partial charge in [-0.25, -0.2) is 8.78 Å². The molecule has 1 rings (SSSR count). The van der Waals surface area contributed by atoms with Crippen LogP contribution in [0.1, 0.15) is 25.5 Å². The lowest BCUT2D eigenvalue weighted by molar-refractivity contribution is -0.00320. The number of nitrogens with two attached hydrogens (primary N) is 2. The highest BCUT2D eigenvalue weighted by Gasteiger charge is 2.33. The lowest BCUT2D eigenvalue weighted by Gasteiger charge is -2.20. The van der Waals surface area contributed by atoms with Gasteiger partial charge < -0.3 is 11.5 Å². The summed E-state index contributed by atoms with van der Waals surface area (Å²) in [4.78, 5) is 3.82. The highest BCUT2D eigenvalue weighted by molar-refractivity contribution is 5.65. The van der Waals surface area contributed by atoms with Crippen molar-refractivity contribution in [2.45, 2.75) is 25.7 Å². The molecule has 0 aliphatic heterocycles. The number of alkyl halides is 2. The van der Waals surface area contributed by atoms with Crippen LogP contribution in [0.4, 0.5) is 20.2 Å². The normalized spacial score (nSPS) is 14.0. The van der Waals surface area contributed by atoms with E-state index in [4.69, 9.17) is 11.5 Å². The van der Waals surface area contributed by atoms with Crippen molar-refractivity contribution in [1.29, 1.82) is 0 Å². The number of nitrogens with zero attached hydrogens (tertiary/aromatic N) is 1. The molecule has 0 radical (unpaired) electrons. The summed E-state index contributed by atoms with van der Waals surface area (Å²) in [5.74, 6) is -3.89. The number of aromatic nitrogens is 1. The first kappa shape index (κ1) is 10.7. The summed E-state index contributed by atoms with van der Waals surface area (Å²) in [6.07, 6.45) is 1.38. The number of rotatable bonds is 2. The molecule has 1 heterocycles. The van der Waals surface area contributed by atoms with Crippen LogP contribution in [0, 0.1) is 0 Å². The minimum Gasteiger partial charge on any atom is -0.397 e. The molecule has 78 valence electrons. The maximum absolute atomic E-state index is 13.0. The van der Waals surface area contributed by atoms with Crippen molar-refractivity contribution in [1.82, 2.24) is 4.98 Å². The SMILES string of the molecule is CC(c1nccc(N)c1N)C(C)(F)F. The standard InChI is InChI=1S/C9H13F2N3/c1-5(9(2,10)11)8-7(13)6(12)3-4-14-8/h3-5H,13H2,1-2H3,(H2,12,14). The number of anilines is 2. The van der Waals surface area contributed by atoms with Gasteiger partial charge in [0, 0.05) is 13.1 Å². The molecular weight excluding hydrogens is 188 g/mol. The van der Waals surface area contributed by atoms with Gasteiger partial charge in [0.05, 0.1) is 23.0 Å². The van der Waals surface area contributed by atoms with Crippen LogP contribution in [0.15, 0.2) is 12.3 Å². The largest absolute Gasteiger partial charge is 0.397 e. The molecule has 0 aromatic carbocycles. The monoisotopic (exact) mass is 201 g/mol. The predicted molar refractivity (Wildman–Crippen MR) is 52.1 cm³/mol.